The van der Waals surface area contributed by atoms with Gasteiger partial charge in [-0.2, -0.15) is 5.26 Å². The first-order valence-corrected chi connectivity index (χ1v) is 4.88. The second-order valence-electron chi connectivity index (χ2n) is 3.42. The molecule has 0 aliphatic rings. The Morgan fingerprint density at radius 3 is 2.88 bits per heavy atom. The Bertz CT molecular complexity index is 598. The van der Waals surface area contributed by atoms with Crippen molar-refractivity contribution < 1.29 is 9.13 Å². The van der Waals surface area contributed by atoms with Gasteiger partial charge in [0, 0.05) is 18.3 Å². The third-order valence-electron chi connectivity index (χ3n) is 2.42. The van der Waals surface area contributed by atoms with Crippen molar-refractivity contribution in [1.82, 2.24) is 4.57 Å². The van der Waals surface area contributed by atoms with Crippen LogP contribution in [0.4, 0.5) is 10.1 Å². The third kappa shape index (κ3) is 1.81. The standard InChI is InChI=1S/C12H10FN3O/c1-17-12-6-11(10(15)5-9(12)13)16-4-2-3-8(16)7-14/h2-6H,15H2,1H3. The van der Waals surface area contributed by atoms with E-state index < -0.39 is 5.82 Å². The maximum absolute atomic E-state index is 13.4. The van der Waals surface area contributed by atoms with Crippen molar-refractivity contribution in [2.24, 2.45) is 0 Å². The summed E-state index contributed by atoms with van der Waals surface area (Å²) in [6, 6.07) is 8.03. The van der Waals surface area contributed by atoms with Gasteiger partial charge in [-0.3, -0.25) is 0 Å². The Morgan fingerprint density at radius 1 is 1.47 bits per heavy atom. The highest BCUT2D eigenvalue weighted by molar-refractivity contribution is 5.62. The lowest BCUT2D eigenvalue weighted by atomic mass is 10.2. The zero-order valence-electron chi connectivity index (χ0n) is 9.14. The molecule has 86 valence electrons. The number of anilines is 1. The Labute approximate surface area is 97.6 Å². The Morgan fingerprint density at radius 2 is 2.24 bits per heavy atom. The van der Waals surface area contributed by atoms with Crippen LogP contribution in [-0.4, -0.2) is 11.7 Å². The van der Waals surface area contributed by atoms with Crippen LogP contribution in [0.1, 0.15) is 5.69 Å². The lowest BCUT2D eigenvalue weighted by Gasteiger charge is -2.11. The van der Waals surface area contributed by atoms with E-state index in [-0.39, 0.29) is 11.4 Å². The Kier molecular flexibility index (Phi) is 2.71. The minimum Gasteiger partial charge on any atom is -0.494 e. The summed E-state index contributed by atoms with van der Waals surface area (Å²) in [5, 5.41) is 8.92. The molecule has 1 heterocycles. The highest BCUT2D eigenvalue weighted by atomic mass is 19.1. The lowest BCUT2D eigenvalue weighted by Crippen LogP contribution is -2.02. The van der Waals surface area contributed by atoms with Gasteiger partial charge in [0.1, 0.15) is 11.8 Å². The molecule has 0 bridgehead atoms. The summed E-state index contributed by atoms with van der Waals surface area (Å²) in [6.45, 7) is 0. The van der Waals surface area contributed by atoms with Crippen molar-refractivity contribution in [3.05, 3.63) is 42.0 Å². The van der Waals surface area contributed by atoms with Gasteiger partial charge in [-0.1, -0.05) is 0 Å². The monoisotopic (exact) mass is 231 g/mol. The van der Waals surface area contributed by atoms with Gasteiger partial charge in [0.25, 0.3) is 0 Å². The van der Waals surface area contributed by atoms with Crippen LogP contribution < -0.4 is 10.5 Å². The van der Waals surface area contributed by atoms with Crippen molar-refractivity contribution in [3.8, 4) is 17.5 Å². The fourth-order valence-electron chi connectivity index (χ4n) is 1.61. The second-order valence-corrected chi connectivity index (χ2v) is 3.42. The number of nitrogens with two attached hydrogens (primary N) is 1. The summed E-state index contributed by atoms with van der Waals surface area (Å²) in [5.74, 6) is -0.439. The number of hydrogen-bond acceptors (Lipinski definition) is 3. The molecule has 0 saturated heterocycles. The first kappa shape index (κ1) is 11.0. The van der Waals surface area contributed by atoms with Gasteiger partial charge in [-0.05, 0) is 12.1 Å². The van der Waals surface area contributed by atoms with Crippen LogP contribution in [0.5, 0.6) is 5.75 Å². The smallest absolute Gasteiger partial charge is 0.167 e. The average molecular weight is 231 g/mol. The van der Waals surface area contributed by atoms with Gasteiger partial charge in [0.05, 0.1) is 18.5 Å². The normalized spacial score (nSPS) is 9.94. The average Bonchev–Trinajstić information content (AvgIpc) is 2.77. The fraction of sp³-hybridized carbons (Fsp3) is 0.0833. The molecule has 4 nitrogen and oxygen atoms in total. The molecule has 2 rings (SSSR count). The quantitative estimate of drug-likeness (QED) is 0.805. The van der Waals surface area contributed by atoms with Gasteiger partial charge in [0.2, 0.25) is 0 Å². The molecule has 0 unspecified atom stereocenters. The first-order chi connectivity index (χ1) is 8.17. The third-order valence-corrected chi connectivity index (χ3v) is 2.42. The topological polar surface area (TPSA) is 64.0 Å². The number of nitrogens with zero attached hydrogens (tertiary/aromatic N) is 2. The first-order valence-electron chi connectivity index (χ1n) is 4.88. The van der Waals surface area contributed by atoms with Gasteiger partial charge in [-0.15, -0.1) is 0 Å². The number of halogens is 1. The number of rotatable bonds is 2. The van der Waals surface area contributed by atoms with Crippen LogP contribution in [0.2, 0.25) is 0 Å². The predicted octanol–water partition coefficient (Wildman–Crippen LogP) is 2.08. The van der Waals surface area contributed by atoms with Gasteiger partial charge >= 0.3 is 0 Å². The molecule has 0 amide bonds. The molecule has 5 heteroatoms. The molecule has 0 atom stereocenters. The minimum atomic E-state index is -0.528. The van der Waals surface area contributed by atoms with Crippen molar-refractivity contribution in [2.75, 3.05) is 12.8 Å². The molecule has 0 fully saturated rings. The van der Waals surface area contributed by atoms with E-state index in [0.717, 1.165) is 0 Å². The van der Waals surface area contributed by atoms with Gasteiger partial charge < -0.3 is 15.0 Å². The molecule has 1 aromatic heterocycles. The van der Waals surface area contributed by atoms with E-state index in [0.29, 0.717) is 11.4 Å². The van der Waals surface area contributed by atoms with E-state index in [2.05, 4.69) is 0 Å². The largest absolute Gasteiger partial charge is 0.494 e. The highest BCUT2D eigenvalue weighted by Crippen LogP contribution is 2.27. The number of nitrogen functional groups attached to an aromatic ring is 1. The minimum absolute atomic E-state index is 0.0896. The zero-order chi connectivity index (χ0) is 12.4. The van der Waals surface area contributed by atoms with Gasteiger partial charge in [-0.25, -0.2) is 4.39 Å². The summed E-state index contributed by atoms with van der Waals surface area (Å²) >= 11 is 0. The van der Waals surface area contributed by atoms with Crippen LogP contribution in [0.3, 0.4) is 0 Å². The fourth-order valence-corrected chi connectivity index (χ4v) is 1.61. The maximum Gasteiger partial charge on any atom is 0.167 e. The number of benzene rings is 1. The van der Waals surface area contributed by atoms with E-state index in [1.54, 1.807) is 22.9 Å². The summed E-state index contributed by atoms with van der Waals surface area (Å²) < 4.78 is 19.8. The van der Waals surface area contributed by atoms with Crippen molar-refractivity contribution in [1.29, 1.82) is 5.26 Å². The molecular formula is C12H10FN3O. The van der Waals surface area contributed by atoms with Crippen molar-refractivity contribution in [2.45, 2.75) is 0 Å². The van der Waals surface area contributed by atoms with Crippen molar-refractivity contribution in [3.63, 3.8) is 0 Å². The maximum atomic E-state index is 13.4. The van der Waals surface area contributed by atoms with Gasteiger partial charge in [0.15, 0.2) is 11.6 Å². The zero-order valence-corrected chi connectivity index (χ0v) is 9.14. The van der Waals surface area contributed by atoms with Crippen LogP contribution in [0.15, 0.2) is 30.5 Å². The van der Waals surface area contributed by atoms with Crippen LogP contribution >= 0.6 is 0 Å². The van der Waals surface area contributed by atoms with E-state index in [1.165, 1.54) is 19.2 Å². The van der Waals surface area contributed by atoms with Crippen molar-refractivity contribution >= 4 is 5.69 Å². The van der Waals surface area contributed by atoms with Crippen LogP contribution in [0.25, 0.3) is 5.69 Å². The van der Waals surface area contributed by atoms with Crippen LogP contribution in [-0.2, 0) is 0 Å². The summed E-state index contributed by atoms with van der Waals surface area (Å²) in [7, 11) is 1.37. The SMILES string of the molecule is COc1cc(-n2cccc2C#N)c(N)cc1F. The summed E-state index contributed by atoms with van der Waals surface area (Å²) in [5.41, 5.74) is 6.92. The summed E-state index contributed by atoms with van der Waals surface area (Å²) in [6.07, 6.45) is 1.68. The molecule has 0 saturated carbocycles. The molecule has 0 aliphatic heterocycles. The molecule has 2 aromatic rings. The Hall–Kier alpha value is -2.48. The van der Waals surface area contributed by atoms with E-state index in [4.69, 9.17) is 15.7 Å². The van der Waals surface area contributed by atoms with Crippen LogP contribution in [0, 0.1) is 17.1 Å². The molecule has 17 heavy (non-hydrogen) atoms. The molecular weight excluding hydrogens is 221 g/mol. The second kappa shape index (κ2) is 4.18. The molecule has 0 spiro atoms. The molecule has 0 aliphatic carbocycles. The van der Waals surface area contributed by atoms with E-state index in [1.807, 2.05) is 6.07 Å². The number of aromatic nitrogens is 1. The number of hydrogen-bond donors (Lipinski definition) is 1. The number of ether oxygens (including phenoxy) is 1. The molecule has 0 radical (unpaired) electrons. The molecule has 2 N–H and O–H groups in total. The van der Waals surface area contributed by atoms with E-state index >= 15 is 0 Å². The molecule has 1 aromatic carbocycles. The van der Waals surface area contributed by atoms with E-state index in [9.17, 15) is 4.39 Å². The summed E-state index contributed by atoms with van der Waals surface area (Å²) in [4.78, 5) is 0. The Balaban J connectivity index is 2.64. The highest BCUT2D eigenvalue weighted by Gasteiger charge is 2.11. The number of methoxy groups -OCH3 is 1. The lowest BCUT2D eigenvalue weighted by molar-refractivity contribution is 0.386. The predicted molar refractivity (Wildman–Crippen MR) is 61.4 cm³/mol. The number of nitriles is 1.